The van der Waals surface area contributed by atoms with Crippen molar-refractivity contribution in [3.8, 4) is 11.3 Å². The van der Waals surface area contributed by atoms with Crippen LogP contribution < -0.4 is 10.6 Å². The van der Waals surface area contributed by atoms with E-state index in [1.807, 2.05) is 31.2 Å². The normalized spacial score (nSPS) is 15.8. The lowest BCUT2D eigenvalue weighted by Gasteiger charge is -2.22. The monoisotopic (exact) mass is 427 g/mol. The van der Waals surface area contributed by atoms with Gasteiger partial charge < -0.3 is 10.6 Å². The van der Waals surface area contributed by atoms with Crippen molar-refractivity contribution in [1.29, 1.82) is 0 Å². The molecule has 1 saturated heterocycles. The SMILES string of the molecule is Cc1sc(C(C)NC(=O)CCC2CCNCC2)nc1-c1ccc(Cl)cc1.Cl. The van der Waals surface area contributed by atoms with Crippen LogP contribution in [-0.2, 0) is 4.79 Å². The van der Waals surface area contributed by atoms with Crippen molar-refractivity contribution in [2.45, 2.75) is 45.6 Å². The van der Waals surface area contributed by atoms with Gasteiger partial charge in [0.2, 0.25) is 5.91 Å². The lowest BCUT2D eigenvalue weighted by Crippen LogP contribution is -2.30. The molecule has 0 aliphatic carbocycles. The summed E-state index contributed by atoms with van der Waals surface area (Å²) in [5.41, 5.74) is 2.02. The van der Waals surface area contributed by atoms with Gasteiger partial charge in [0.1, 0.15) is 5.01 Å². The van der Waals surface area contributed by atoms with Crippen LogP contribution in [0.5, 0.6) is 0 Å². The van der Waals surface area contributed by atoms with Crippen LogP contribution in [0.25, 0.3) is 11.3 Å². The maximum atomic E-state index is 12.3. The molecule has 1 aliphatic rings. The molecule has 4 nitrogen and oxygen atoms in total. The van der Waals surface area contributed by atoms with E-state index < -0.39 is 0 Å². The van der Waals surface area contributed by atoms with Crippen LogP contribution in [0.15, 0.2) is 24.3 Å². The number of halogens is 2. The molecule has 3 rings (SSSR count). The number of amides is 1. The Labute approximate surface area is 176 Å². The first kappa shape index (κ1) is 22.2. The Bertz CT molecular complexity index is 742. The number of hydrogen-bond acceptors (Lipinski definition) is 4. The highest BCUT2D eigenvalue weighted by Gasteiger charge is 2.18. The maximum Gasteiger partial charge on any atom is 0.220 e. The minimum absolute atomic E-state index is 0. The van der Waals surface area contributed by atoms with E-state index >= 15 is 0 Å². The predicted molar refractivity (Wildman–Crippen MR) is 116 cm³/mol. The van der Waals surface area contributed by atoms with Gasteiger partial charge in [0.15, 0.2) is 0 Å². The molecular formula is C20H27Cl2N3OS. The molecule has 2 aromatic rings. The van der Waals surface area contributed by atoms with E-state index in [2.05, 4.69) is 17.6 Å². The van der Waals surface area contributed by atoms with Crippen molar-refractivity contribution in [2.24, 2.45) is 5.92 Å². The van der Waals surface area contributed by atoms with Crippen molar-refractivity contribution < 1.29 is 4.79 Å². The lowest BCUT2D eigenvalue weighted by atomic mass is 9.93. The van der Waals surface area contributed by atoms with Crippen LogP contribution in [-0.4, -0.2) is 24.0 Å². The number of carbonyl (C=O) groups excluding carboxylic acids is 1. The number of piperidine rings is 1. The van der Waals surface area contributed by atoms with Gasteiger partial charge in [-0.3, -0.25) is 4.79 Å². The van der Waals surface area contributed by atoms with Crippen LogP contribution >= 0.6 is 35.3 Å². The molecule has 1 atom stereocenters. The van der Waals surface area contributed by atoms with Crippen LogP contribution in [0.1, 0.15) is 48.5 Å². The Morgan fingerprint density at radius 2 is 2.00 bits per heavy atom. The smallest absolute Gasteiger partial charge is 0.220 e. The number of aromatic nitrogens is 1. The lowest BCUT2D eigenvalue weighted by molar-refractivity contribution is -0.122. The Hall–Kier alpha value is -1.14. The van der Waals surface area contributed by atoms with E-state index in [-0.39, 0.29) is 24.4 Å². The molecule has 0 radical (unpaired) electrons. The largest absolute Gasteiger partial charge is 0.347 e. The minimum atomic E-state index is -0.0692. The Balaban J connectivity index is 0.00000261. The first-order chi connectivity index (χ1) is 12.5. The van der Waals surface area contributed by atoms with Crippen LogP contribution in [0.2, 0.25) is 5.02 Å². The van der Waals surface area contributed by atoms with Crippen LogP contribution in [0.3, 0.4) is 0 Å². The van der Waals surface area contributed by atoms with Gasteiger partial charge in [-0.1, -0.05) is 23.7 Å². The number of aryl methyl sites for hydroxylation is 1. The average Bonchev–Trinajstić information content (AvgIpc) is 3.03. The van der Waals surface area contributed by atoms with E-state index in [0.29, 0.717) is 12.3 Å². The number of rotatable bonds is 6. The fourth-order valence-corrected chi connectivity index (χ4v) is 4.43. The topological polar surface area (TPSA) is 54.0 Å². The minimum Gasteiger partial charge on any atom is -0.347 e. The molecule has 2 heterocycles. The zero-order chi connectivity index (χ0) is 18.5. The first-order valence-electron chi connectivity index (χ1n) is 9.26. The molecule has 1 fully saturated rings. The summed E-state index contributed by atoms with van der Waals surface area (Å²) in [6.07, 6.45) is 3.94. The van der Waals surface area contributed by atoms with Crippen LogP contribution in [0, 0.1) is 12.8 Å². The molecule has 0 saturated carbocycles. The standard InChI is InChI=1S/C20H26ClN3OS.ClH/c1-13(23-18(25)8-3-15-9-11-22-12-10-15)20-24-19(14(2)26-20)16-4-6-17(21)7-5-16;/h4-7,13,15,22H,3,8-12H2,1-2H3,(H,23,25);1H. The first-order valence-corrected chi connectivity index (χ1v) is 10.5. The summed E-state index contributed by atoms with van der Waals surface area (Å²) in [6, 6.07) is 7.65. The van der Waals surface area contributed by atoms with Gasteiger partial charge in [0, 0.05) is 21.9 Å². The summed E-state index contributed by atoms with van der Waals surface area (Å²) >= 11 is 7.61. The summed E-state index contributed by atoms with van der Waals surface area (Å²) in [4.78, 5) is 18.2. The predicted octanol–water partition coefficient (Wildman–Crippen LogP) is 5.15. The van der Waals surface area contributed by atoms with Gasteiger partial charge >= 0.3 is 0 Å². The van der Waals surface area contributed by atoms with Gasteiger partial charge in [0.25, 0.3) is 0 Å². The van der Waals surface area contributed by atoms with E-state index in [0.717, 1.165) is 45.7 Å². The van der Waals surface area contributed by atoms with Crippen molar-refractivity contribution in [1.82, 2.24) is 15.6 Å². The highest BCUT2D eigenvalue weighted by molar-refractivity contribution is 7.12. The van der Waals surface area contributed by atoms with Gasteiger partial charge in [-0.05, 0) is 64.3 Å². The molecule has 1 aromatic heterocycles. The summed E-state index contributed by atoms with van der Waals surface area (Å²) in [7, 11) is 0. The molecule has 0 spiro atoms. The Morgan fingerprint density at radius 1 is 1.33 bits per heavy atom. The van der Waals surface area contributed by atoms with Crippen molar-refractivity contribution in [3.05, 3.63) is 39.2 Å². The zero-order valence-corrected chi connectivity index (χ0v) is 18.1. The molecule has 1 unspecified atom stereocenters. The summed E-state index contributed by atoms with van der Waals surface area (Å²) in [6.45, 7) is 6.23. The van der Waals surface area contributed by atoms with E-state index in [9.17, 15) is 4.79 Å². The fourth-order valence-electron chi connectivity index (χ4n) is 3.36. The van der Waals surface area contributed by atoms with Crippen molar-refractivity contribution >= 4 is 41.3 Å². The Morgan fingerprint density at radius 3 is 2.67 bits per heavy atom. The van der Waals surface area contributed by atoms with E-state index in [1.165, 1.54) is 12.8 Å². The third-order valence-electron chi connectivity index (χ3n) is 4.92. The second-order valence-electron chi connectivity index (χ2n) is 6.99. The van der Waals surface area contributed by atoms with Gasteiger partial charge in [-0.2, -0.15) is 0 Å². The molecule has 1 aliphatic heterocycles. The summed E-state index contributed by atoms with van der Waals surface area (Å²) < 4.78 is 0. The van der Waals surface area contributed by atoms with Crippen molar-refractivity contribution in [2.75, 3.05) is 13.1 Å². The average molecular weight is 428 g/mol. The number of thiazole rings is 1. The van der Waals surface area contributed by atoms with Gasteiger partial charge in [-0.25, -0.2) is 4.98 Å². The van der Waals surface area contributed by atoms with Crippen molar-refractivity contribution in [3.63, 3.8) is 0 Å². The number of nitrogens with zero attached hydrogens (tertiary/aromatic N) is 1. The number of carbonyl (C=O) groups is 1. The fraction of sp³-hybridized carbons (Fsp3) is 0.500. The molecule has 7 heteroatoms. The molecule has 27 heavy (non-hydrogen) atoms. The van der Waals surface area contributed by atoms with Gasteiger partial charge in [-0.15, -0.1) is 23.7 Å². The third kappa shape index (κ3) is 6.18. The number of nitrogens with one attached hydrogen (secondary N) is 2. The van der Waals surface area contributed by atoms with E-state index in [1.54, 1.807) is 11.3 Å². The summed E-state index contributed by atoms with van der Waals surface area (Å²) in [5.74, 6) is 0.799. The second-order valence-corrected chi connectivity index (χ2v) is 8.66. The Kier molecular flexibility index (Phi) is 8.55. The molecule has 2 N–H and O–H groups in total. The highest BCUT2D eigenvalue weighted by Crippen LogP contribution is 2.31. The number of benzene rings is 1. The van der Waals surface area contributed by atoms with E-state index in [4.69, 9.17) is 16.6 Å². The zero-order valence-electron chi connectivity index (χ0n) is 15.8. The number of hydrogen-bond donors (Lipinski definition) is 2. The molecule has 148 valence electrons. The molecule has 0 bridgehead atoms. The molecule has 1 aromatic carbocycles. The maximum absolute atomic E-state index is 12.3. The quantitative estimate of drug-likeness (QED) is 0.669. The highest BCUT2D eigenvalue weighted by atomic mass is 35.5. The molecule has 1 amide bonds. The van der Waals surface area contributed by atoms with Crippen LogP contribution in [0.4, 0.5) is 0 Å². The van der Waals surface area contributed by atoms with Gasteiger partial charge in [0.05, 0.1) is 11.7 Å². The molecular weight excluding hydrogens is 401 g/mol. The summed E-state index contributed by atoms with van der Waals surface area (Å²) in [5, 5.41) is 8.14. The third-order valence-corrected chi connectivity index (χ3v) is 6.32. The second kappa shape index (κ2) is 10.4.